The Morgan fingerprint density at radius 3 is 2.18 bits per heavy atom. The zero-order valence-corrected chi connectivity index (χ0v) is 41.4. The molecule has 1 aliphatic rings. The van der Waals surface area contributed by atoms with E-state index in [-0.39, 0.29) is 77.0 Å². The highest BCUT2D eigenvalue weighted by Gasteiger charge is 2.33. The Morgan fingerprint density at radius 1 is 0.740 bits per heavy atom. The number of aliphatic imine (C=N–C) groups is 1. The van der Waals surface area contributed by atoms with Gasteiger partial charge in [-0.1, -0.05) is 80.4 Å². The lowest BCUT2D eigenvalue weighted by molar-refractivity contribution is -0.134. The van der Waals surface area contributed by atoms with Gasteiger partial charge in [0.25, 0.3) is 0 Å². The van der Waals surface area contributed by atoms with E-state index in [9.17, 15) is 43.2 Å². The second-order valence-corrected chi connectivity index (χ2v) is 18.2. The molecule has 4 unspecified atom stereocenters. The predicted octanol–water partition coefficient (Wildman–Crippen LogP) is -0.0394. The van der Waals surface area contributed by atoms with Gasteiger partial charge in [0.15, 0.2) is 5.96 Å². The van der Waals surface area contributed by atoms with Crippen molar-refractivity contribution in [3.8, 4) is 0 Å². The van der Waals surface area contributed by atoms with E-state index in [1.807, 2.05) is 73.7 Å². The number of guanidine groups is 1. The quantitative estimate of drug-likeness (QED) is 0.0426. The fraction of sp³-hybridized carbons (Fsp3) is 0.451. The van der Waals surface area contributed by atoms with E-state index in [1.165, 1.54) is 6.92 Å². The van der Waals surface area contributed by atoms with Gasteiger partial charge in [0, 0.05) is 62.9 Å². The van der Waals surface area contributed by atoms with Crippen molar-refractivity contribution in [2.24, 2.45) is 22.2 Å². The summed E-state index contributed by atoms with van der Waals surface area (Å²) in [4.78, 5) is 130. The molecule has 1 aliphatic heterocycles. The molecular weight excluding hydrogens is 939 g/mol. The number of nitrogens with two attached hydrogens (primary N) is 3. The number of amides is 9. The third kappa shape index (κ3) is 17.9. The molecule has 22 nitrogen and oxygen atoms in total. The van der Waals surface area contributed by atoms with Crippen LogP contribution in [0.25, 0.3) is 21.7 Å². The minimum absolute atomic E-state index is 0.0131. The maximum Gasteiger partial charge on any atom is 0.243 e. The lowest BCUT2D eigenvalue weighted by atomic mass is 10.00. The van der Waals surface area contributed by atoms with E-state index in [2.05, 4.69) is 52.5 Å². The van der Waals surface area contributed by atoms with Gasteiger partial charge in [0.2, 0.25) is 53.2 Å². The third-order valence-corrected chi connectivity index (χ3v) is 12.3. The van der Waals surface area contributed by atoms with Crippen LogP contribution in [-0.4, -0.2) is 120 Å². The molecule has 0 aliphatic carbocycles. The summed E-state index contributed by atoms with van der Waals surface area (Å²) >= 11 is 0. The fourth-order valence-corrected chi connectivity index (χ4v) is 8.47. The molecule has 9 amide bonds. The number of para-hydroxylation sites is 1. The van der Waals surface area contributed by atoms with Gasteiger partial charge in [-0.3, -0.25) is 48.1 Å². The van der Waals surface area contributed by atoms with Crippen LogP contribution in [0.3, 0.4) is 0 Å². The van der Waals surface area contributed by atoms with Crippen molar-refractivity contribution in [1.29, 1.82) is 0 Å². The number of carbonyl (C=O) groups excluding carboxylic acids is 9. The van der Waals surface area contributed by atoms with Gasteiger partial charge >= 0.3 is 0 Å². The summed E-state index contributed by atoms with van der Waals surface area (Å²) in [7, 11) is 0. The molecule has 0 bridgehead atoms. The molecule has 0 saturated carbocycles. The van der Waals surface area contributed by atoms with Gasteiger partial charge < -0.3 is 64.7 Å². The normalized spacial score (nSPS) is 20.7. The largest absolute Gasteiger partial charge is 0.370 e. The van der Waals surface area contributed by atoms with E-state index in [0.29, 0.717) is 24.0 Å². The third-order valence-electron chi connectivity index (χ3n) is 12.3. The number of hydrogen-bond donors (Lipinski definition) is 12. The highest BCUT2D eigenvalue weighted by atomic mass is 16.2. The smallest absolute Gasteiger partial charge is 0.243 e. The molecule has 0 radical (unpaired) electrons. The molecule has 4 aromatic rings. The first kappa shape index (κ1) is 55.9. The minimum atomic E-state index is -1.42. The standard InChI is InChI=1S/C51H69N13O9/c1-3-4-15-38(59-30(2)65)47(70)64-42-28-44(67)55-22-10-9-17-37(45(52)68)61-50(73)41(27-34-29-58-36-16-8-7-14-35(34)36)63-48(71)39(18-11-23-57-51(53)54)62-49(72)40(60-43(66)21-24-56-46(42)69)26-31-19-20-32-12-5-6-13-33(32)25-31/h5-8,12-14,16,19-20,25,29,37-42,58H,3-4,9-11,15,17-18,21-24,26-28H2,1-2H3,(H2,52,68)(H,55,67)(H,56,69)(H,59,65)(H,60,66)(H,61,73)(H,62,72)(H,63,71)(H,64,70)(H4,53,54,57)/t37?,38-,39?,40?,41-,42?/m0/s1. The Balaban J connectivity index is 1.48. The van der Waals surface area contributed by atoms with Crippen LogP contribution >= 0.6 is 0 Å². The number of rotatable bonds is 15. The van der Waals surface area contributed by atoms with E-state index < -0.39 is 95.8 Å². The lowest BCUT2D eigenvalue weighted by Gasteiger charge is -2.26. The molecule has 1 saturated heterocycles. The minimum Gasteiger partial charge on any atom is -0.370 e. The summed E-state index contributed by atoms with van der Waals surface area (Å²) in [5, 5.41) is 24.1. The van der Waals surface area contributed by atoms with Gasteiger partial charge in [-0.2, -0.15) is 0 Å². The number of aromatic nitrogens is 1. The van der Waals surface area contributed by atoms with Crippen LogP contribution in [-0.2, 0) is 56.0 Å². The summed E-state index contributed by atoms with van der Waals surface area (Å²) in [6.07, 6.45) is 3.21. The number of primary amides is 1. The SMILES string of the molecule is CCCC[C@H](NC(C)=O)C(=O)NC1CC(=O)NCCCCC(C(N)=O)NC(=O)[C@H](Cc2c[nH]c3ccccc23)NC(=O)C(CCCN=C(N)N)NC(=O)C(Cc2ccc3ccccc3c2)NC(=O)CCNC1=O. The van der Waals surface area contributed by atoms with Crippen LogP contribution < -0.4 is 59.7 Å². The van der Waals surface area contributed by atoms with Crippen LogP contribution in [0.1, 0.15) is 89.2 Å². The topological polar surface area (TPSA) is 356 Å². The van der Waals surface area contributed by atoms with E-state index in [1.54, 1.807) is 6.20 Å². The first-order valence-electron chi connectivity index (χ1n) is 24.7. The number of hydrogen-bond acceptors (Lipinski definition) is 10. The van der Waals surface area contributed by atoms with Crippen molar-refractivity contribution in [3.63, 3.8) is 0 Å². The summed E-state index contributed by atoms with van der Waals surface area (Å²) < 4.78 is 0. The first-order chi connectivity index (χ1) is 35.0. The van der Waals surface area contributed by atoms with Crippen molar-refractivity contribution in [1.82, 2.24) is 47.5 Å². The maximum absolute atomic E-state index is 14.5. The first-order valence-corrected chi connectivity index (χ1v) is 24.7. The van der Waals surface area contributed by atoms with E-state index in [4.69, 9.17) is 17.2 Å². The van der Waals surface area contributed by atoms with E-state index >= 15 is 0 Å². The average Bonchev–Trinajstić information content (AvgIpc) is 3.76. The van der Waals surface area contributed by atoms with Crippen LogP contribution in [0.5, 0.6) is 0 Å². The Morgan fingerprint density at radius 2 is 1.44 bits per heavy atom. The zero-order chi connectivity index (χ0) is 52.9. The number of H-pyrrole nitrogens is 1. The second-order valence-electron chi connectivity index (χ2n) is 18.2. The maximum atomic E-state index is 14.5. The Bertz CT molecular complexity index is 2630. The Hall–Kier alpha value is -8.04. The molecule has 2 heterocycles. The Labute approximate surface area is 423 Å². The Kier molecular flexibility index (Phi) is 21.5. The molecule has 3 aromatic carbocycles. The number of fused-ring (bicyclic) bond motifs is 2. The molecular formula is C51H69N13O9. The molecule has 15 N–H and O–H groups in total. The van der Waals surface area contributed by atoms with Gasteiger partial charge in [-0.25, -0.2) is 0 Å². The number of nitrogens with zero attached hydrogens (tertiary/aromatic N) is 1. The number of aromatic amines is 1. The summed E-state index contributed by atoms with van der Waals surface area (Å²) in [5.41, 5.74) is 19.1. The van der Waals surface area contributed by atoms with Crippen molar-refractivity contribution < 1.29 is 43.2 Å². The zero-order valence-electron chi connectivity index (χ0n) is 41.4. The van der Waals surface area contributed by atoms with Gasteiger partial charge in [-0.15, -0.1) is 0 Å². The van der Waals surface area contributed by atoms with Gasteiger partial charge in [0.1, 0.15) is 36.3 Å². The molecule has 1 fully saturated rings. The van der Waals surface area contributed by atoms with Crippen molar-refractivity contribution >= 4 is 80.8 Å². The van der Waals surface area contributed by atoms with Crippen molar-refractivity contribution in [2.45, 2.75) is 127 Å². The molecule has 5 rings (SSSR count). The highest BCUT2D eigenvalue weighted by Crippen LogP contribution is 2.21. The van der Waals surface area contributed by atoms with Crippen molar-refractivity contribution in [2.75, 3.05) is 19.6 Å². The van der Waals surface area contributed by atoms with Crippen LogP contribution in [0.2, 0.25) is 0 Å². The lowest BCUT2D eigenvalue weighted by Crippen LogP contribution is -2.59. The number of unbranched alkanes of at least 4 members (excludes halogenated alkanes) is 1. The summed E-state index contributed by atoms with van der Waals surface area (Å²) in [6, 6.07) is 13.0. The molecule has 392 valence electrons. The molecule has 22 heteroatoms. The molecule has 6 atom stereocenters. The molecule has 0 spiro atoms. The summed E-state index contributed by atoms with van der Waals surface area (Å²) in [5.74, 6) is -6.47. The van der Waals surface area contributed by atoms with Crippen LogP contribution in [0.15, 0.2) is 77.9 Å². The molecule has 73 heavy (non-hydrogen) atoms. The average molecular weight is 1010 g/mol. The van der Waals surface area contributed by atoms with Crippen LogP contribution in [0.4, 0.5) is 0 Å². The number of benzene rings is 3. The highest BCUT2D eigenvalue weighted by molar-refractivity contribution is 5.97. The monoisotopic (exact) mass is 1010 g/mol. The van der Waals surface area contributed by atoms with Gasteiger partial charge in [0.05, 0.1) is 6.42 Å². The number of nitrogens with one attached hydrogen (secondary N) is 9. The second kappa shape index (κ2) is 28.1. The van der Waals surface area contributed by atoms with Crippen LogP contribution in [0, 0.1) is 0 Å². The fourth-order valence-electron chi connectivity index (χ4n) is 8.47. The molecule has 1 aromatic heterocycles. The van der Waals surface area contributed by atoms with Gasteiger partial charge in [-0.05, 0) is 66.5 Å². The van der Waals surface area contributed by atoms with Crippen molar-refractivity contribution in [3.05, 3.63) is 84.1 Å². The van der Waals surface area contributed by atoms with E-state index in [0.717, 1.165) is 28.1 Å². The predicted molar refractivity (Wildman–Crippen MR) is 275 cm³/mol. The number of carbonyl (C=O) groups is 9. The summed E-state index contributed by atoms with van der Waals surface area (Å²) in [6.45, 7) is 3.07.